The summed E-state index contributed by atoms with van der Waals surface area (Å²) < 4.78 is 5.33. The van der Waals surface area contributed by atoms with Crippen LogP contribution in [0.1, 0.15) is 35.2 Å². The SMILES string of the molecule is Cc1ccc2c(c1OC(=O)CCC(=O)O)NC(O)C1CC(C=CC(N)=O)=CN1C2=O. The Labute approximate surface area is 171 Å². The Morgan fingerprint density at radius 3 is 2.73 bits per heavy atom. The van der Waals surface area contributed by atoms with Crippen LogP contribution in [0.4, 0.5) is 5.69 Å². The summed E-state index contributed by atoms with van der Waals surface area (Å²) in [5.74, 6) is -2.88. The molecule has 2 unspecified atom stereocenters. The third kappa shape index (κ3) is 4.33. The lowest BCUT2D eigenvalue weighted by Gasteiger charge is -2.25. The number of esters is 1. The molecule has 0 radical (unpaired) electrons. The van der Waals surface area contributed by atoms with Gasteiger partial charge in [0.05, 0.1) is 30.1 Å². The Hall–Kier alpha value is -3.66. The second kappa shape index (κ2) is 8.37. The molecule has 0 saturated heterocycles. The Morgan fingerprint density at radius 1 is 1.33 bits per heavy atom. The third-order valence-corrected chi connectivity index (χ3v) is 4.80. The second-order valence-electron chi connectivity index (χ2n) is 7.01. The van der Waals surface area contributed by atoms with Gasteiger partial charge in [0.2, 0.25) is 5.91 Å². The van der Waals surface area contributed by atoms with E-state index in [4.69, 9.17) is 15.6 Å². The normalized spacial score (nSPS) is 20.1. The molecule has 10 nitrogen and oxygen atoms in total. The summed E-state index contributed by atoms with van der Waals surface area (Å²) in [5.41, 5.74) is 6.62. The zero-order valence-corrected chi connectivity index (χ0v) is 16.1. The van der Waals surface area contributed by atoms with Crippen molar-refractivity contribution >= 4 is 29.4 Å². The standard InChI is InChI=1S/C20H21N3O7/c1-10-2-4-12-17(18(10)30-16(27)7-6-15(25)26)22-19(28)13-8-11(3-5-14(21)24)9-23(13)20(12)29/h2-5,9,13,19,22,28H,6-8H2,1H3,(H2,21,24)(H,25,26). The Balaban J connectivity index is 1.93. The second-order valence-corrected chi connectivity index (χ2v) is 7.01. The number of primary amides is 1. The van der Waals surface area contributed by atoms with Crippen LogP contribution in [-0.4, -0.2) is 51.1 Å². The number of benzene rings is 1. The largest absolute Gasteiger partial charge is 0.481 e. The number of carboxylic acid groups (broad SMARTS) is 1. The van der Waals surface area contributed by atoms with Crippen LogP contribution in [0.15, 0.2) is 36.1 Å². The lowest BCUT2D eigenvalue weighted by atomic mass is 10.1. The average Bonchev–Trinajstić information content (AvgIpc) is 3.08. The molecule has 2 atom stereocenters. The molecular weight excluding hydrogens is 394 g/mol. The number of ether oxygens (including phenoxy) is 1. The van der Waals surface area contributed by atoms with Gasteiger partial charge in [-0.25, -0.2) is 0 Å². The molecular formula is C20H21N3O7. The van der Waals surface area contributed by atoms with E-state index in [1.165, 1.54) is 23.3 Å². The molecule has 0 aromatic heterocycles. The quantitative estimate of drug-likeness (QED) is 0.299. The number of allylic oxidation sites excluding steroid dienone is 1. The van der Waals surface area contributed by atoms with Crippen LogP contribution in [-0.2, 0) is 14.4 Å². The minimum Gasteiger partial charge on any atom is -0.481 e. The van der Waals surface area contributed by atoms with Crippen LogP contribution in [0.5, 0.6) is 5.75 Å². The van der Waals surface area contributed by atoms with Crippen molar-refractivity contribution in [2.45, 2.75) is 38.5 Å². The highest BCUT2D eigenvalue weighted by Crippen LogP contribution is 2.39. The molecule has 30 heavy (non-hydrogen) atoms. The van der Waals surface area contributed by atoms with Crippen molar-refractivity contribution in [1.29, 1.82) is 0 Å². The highest BCUT2D eigenvalue weighted by Gasteiger charge is 2.39. The predicted octanol–water partition coefficient (Wildman–Crippen LogP) is 0.649. The molecule has 1 aromatic rings. The van der Waals surface area contributed by atoms with Crippen molar-refractivity contribution in [2.24, 2.45) is 5.73 Å². The summed E-state index contributed by atoms with van der Waals surface area (Å²) >= 11 is 0. The molecule has 10 heteroatoms. The molecule has 2 amide bonds. The van der Waals surface area contributed by atoms with Crippen molar-refractivity contribution in [1.82, 2.24) is 4.90 Å². The van der Waals surface area contributed by atoms with Gasteiger partial charge in [0.1, 0.15) is 6.23 Å². The number of aliphatic hydroxyl groups excluding tert-OH is 1. The number of anilines is 1. The topological polar surface area (TPSA) is 159 Å². The van der Waals surface area contributed by atoms with Crippen LogP contribution in [0.3, 0.4) is 0 Å². The lowest BCUT2D eigenvalue weighted by molar-refractivity contribution is -0.142. The highest BCUT2D eigenvalue weighted by molar-refractivity contribution is 6.03. The molecule has 0 spiro atoms. The van der Waals surface area contributed by atoms with Crippen molar-refractivity contribution in [3.05, 3.63) is 47.2 Å². The number of amides is 2. The van der Waals surface area contributed by atoms with Crippen LogP contribution >= 0.6 is 0 Å². The summed E-state index contributed by atoms with van der Waals surface area (Å²) in [7, 11) is 0. The number of aryl methyl sites for hydroxylation is 1. The molecule has 3 rings (SSSR count). The molecule has 0 fully saturated rings. The van der Waals surface area contributed by atoms with Gasteiger partial charge in [0, 0.05) is 12.3 Å². The summed E-state index contributed by atoms with van der Waals surface area (Å²) in [6.07, 6.45) is 2.57. The van der Waals surface area contributed by atoms with Gasteiger partial charge in [-0.15, -0.1) is 0 Å². The first-order valence-corrected chi connectivity index (χ1v) is 9.19. The summed E-state index contributed by atoms with van der Waals surface area (Å²) in [5, 5.41) is 22.2. The predicted molar refractivity (Wildman–Crippen MR) is 104 cm³/mol. The van der Waals surface area contributed by atoms with Gasteiger partial charge in [-0.3, -0.25) is 19.2 Å². The summed E-state index contributed by atoms with van der Waals surface area (Å²) in [6, 6.07) is 2.50. The smallest absolute Gasteiger partial charge is 0.311 e. The number of nitrogens with two attached hydrogens (primary N) is 1. The van der Waals surface area contributed by atoms with E-state index in [1.54, 1.807) is 19.1 Å². The van der Waals surface area contributed by atoms with Gasteiger partial charge in [0.15, 0.2) is 5.75 Å². The molecule has 0 saturated carbocycles. The van der Waals surface area contributed by atoms with E-state index in [-0.39, 0.29) is 36.3 Å². The van der Waals surface area contributed by atoms with Crippen molar-refractivity contribution in [2.75, 3.05) is 5.32 Å². The molecule has 0 bridgehead atoms. The minimum atomic E-state index is -1.19. The molecule has 1 aromatic carbocycles. The van der Waals surface area contributed by atoms with Crippen molar-refractivity contribution in [3.8, 4) is 5.75 Å². The van der Waals surface area contributed by atoms with Crippen molar-refractivity contribution in [3.63, 3.8) is 0 Å². The summed E-state index contributed by atoms with van der Waals surface area (Å²) in [6.45, 7) is 1.66. The fourth-order valence-corrected chi connectivity index (χ4v) is 3.34. The first kappa shape index (κ1) is 21.1. The molecule has 2 aliphatic heterocycles. The van der Waals surface area contributed by atoms with Gasteiger partial charge >= 0.3 is 11.9 Å². The van der Waals surface area contributed by atoms with E-state index in [0.717, 1.165) is 0 Å². The maximum Gasteiger partial charge on any atom is 0.311 e. The van der Waals surface area contributed by atoms with Crippen molar-refractivity contribution < 1.29 is 34.1 Å². The first-order valence-electron chi connectivity index (χ1n) is 9.19. The molecule has 2 heterocycles. The van der Waals surface area contributed by atoms with Crippen LogP contribution in [0.2, 0.25) is 0 Å². The van der Waals surface area contributed by atoms with Gasteiger partial charge in [0.25, 0.3) is 5.91 Å². The van der Waals surface area contributed by atoms with E-state index in [9.17, 15) is 24.3 Å². The maximum absolute atomic E-state index is 13.1. The number of carbonyl (C=O) groups is 4. The molecule has 5 N–H and O–H groups in total. The van der Waals surface area contributed by atoms with E-state index in [1.807, 2.05) is 0 Å². The zero-order chi connectivity index (χ0) is 22.0. The summed E-state index contributed by atoms with van der Waals surface area (Å²) in [4.78, 5) is 48.1. The Morgan fingerprint density at radius 2 is 2.07 bits per heavy atom. The lowest BCUT2D eigenvalue weighted by Crippen LogP contribution is -2.42. The maximum atomic E-state index is 13.1. The molecule has 2 aliphatic rings. The Kier molecular flexibility index (Phi) is 5.88. The number of fused-ring (bicyclic) bond motifs is 2. The van der Waals surface area contributed by atoms with Gasteiger partial charge in [-0.1, -0.05) is 12.1 Å². The Bertz CT molecular complexity index is 983. The van der Waals surface area contributed by atoms with E-state index in [0.29, 0.717) is 11.1 Å². The number of hydrogen-bond donors (Lipinski definition) is 4. The molecule has 158 valence electrons. The molecule has 0 aliphatic carbocycles. The minimum absolute atomic E-state index is 0.0642. The number of aliphatic carboxylic acids is 1. The number of carbonyl (C=O) groups excluding carboxylic acids is 3. The average molecular weight is 415 g/mol. The van der Waals surface area contributed by atoms with Crippen LogP contribution in [0.25, 0.3) is 0 Å². The third-order valence-electron chi connectivity index (χ3n) is 4.80. The van der Waals surface area contributed by atoms with E-state index in [2.05, 4.69) is 5.32 Å². The zero-order valence-electron chi connectivity index (χ0n) is 16.1. The fourth-order valence-electron chi connectivity index (χ4n) is 3.34. The monoisotopic (exact) mass is 415 g/mol. The van der Waals surface area contributed by atoms with Gasteiger partial charge in [-0.2, -0.15) is 0 Å². The number of rotatable bonds is 6. The number of nitrogens with zero attached hydrogens (tertiary/aromatic N) is 1. The number of hydrogen-bond acceptors (Lipinski definition) is 7. The number of carboxylic acids is 1. The van der Waals surface area contributed by atoms with Crippen LogP contribution in [0, 0.1) is 6.92 Å². The number of aliphatic hydroxyl groups is 1. The fraction of sp³-hybridized carbons (Fsp3) is 0.300. The highest BCUT2D eigenvalue weighted by atomic mass is 16.5. The first-order chi connectivity index (χ1) is 14.2. The van der Waals surface area contributed by atoms with Gasteiger partial charge < -0.3 is 30.9 Å². The van der Waals surface area contributed by atoms with Gasteiger partial charge in [-0.05, 0) is 30.5 Å². The number of nitrogens with one attached hydrogen (secondary N) is 1. The van der Waals surface area contributed by atoms with E-state index < -0.39 is 36.0 Å². The van der Waals surface area contributed by atoms with E-state index >= 15 is 0 Å². The van der Waals surface area contributed by atoms with Crippen LogP contribution < -0.4 is 15.8 Å².